The average molecular weight is 1080 g/mol. The fourth-order valence-corrected chi connectivity index (χ4v) is 12.3. The first-order valence-electron chi connectivity index (χ1n) is 39.1. The SMILES string of the molecule is [2H]C1=C([2H])C([2H])C([2H])c2c1oc1c([2H])c([2H])c(-c3c4c([2H])c([2H])c([2H])c([2H])c4c(-c4c([2H])c([2H])c(-c5c([2H])c([2H])c([2H])c([2H])c5[2H])c([2H])c4[2H])c4c([2H])c([2H])c([2H])c([2H])c34)c([2H])c21.c1ccc(-c2cc(-c3ccc4ccc5cccc6ccc3c4c56)cc(-c3ccc4ccc5cccc6ccc3c4c56)c2)cc1. The Balaban J connectivity index is 0.000000166. The molecule has 0 amide bonds. The van der Waals surface area contributed by atoms with E-state index in [1.165, 1.54) is 98.0 Å². The second kappa shape index (κ2) is 19.0. The lowest BCUT2D eigenvalue weighted by Gasteiger charge is -2.18. The van der Waals surface area contributed by atoms with Gasteiger partial charge in [0, 0.05) is 13.7 Å². The Labute approximate surface area is 514 Å². The number of fused-ring (bicyclic) bond motifs is 5. The quantitative estimate of drug-likeness (QED) is 0.119. The van der Waals surface area contributed by atoms with Crippen molar-refractivity contribution in [2.75, 3.05) is 0 Å². The zero-order valence-corrected chi connectivity index (χ0v) is 43.6. The number of rotatable bonds is 6. The summed E-state index contributed by atoms with van der Waals surface area (Å²) < 4.78 is 217. The Bertz CT molecular complexity index is 6550. The van der Waals surface area contributed by atoms with E-state index in [0.29, 0.717) is 0 Å². The van der Waals surface area contributed by atoms with Gasteiger partial charge in [-0.05, 0) is 202 Å². The lowest BCUT2D eigenvalue weighted by molar-refractivity contribution is 0.595. The fraction of sp³-hybridized carbons (Fsp3) is 0.0244. The van der Waals surface area contributed by atoms with E-state index in [0.717, 1.165) is 0 Å². The maximum absolute atomic E-state index is 9.56. The summed E-state index contributed by atoms with van der Waals surface area (Å²) in [6.07, 6.45) is -3.33. The molecule has 386 valence electrons. The van der Waals surface area contributed by atoms with Crippen molar-refractivity contribution in [3.63, 3.8) is 0 Å². The van der Waals surface area contributed by atoms with Crippen molar-refractivity contribution in [1.82, 2.24) is 0 Å². The summed E-state index contributed by atoms with van der Waals surface area (Å²) in [4.78, 5) is 0. The Morgan fingerprint density at radius 3 is 1.35 bits per heavy atom. The topological polar surface area (TPSA) is 13.1 Å². The average Bonchev–Trinajstić information content (AvgIpc) is 1.50. The maximum Gasteiger partial charge on any atom is 0.135 e. The van der Waals surface area contributed by atoms with Gasteiger partial charge in [0.25, 0.3) is 0 Å². The predicted octanol–water partition coefficient (Wildman–Crippen LogP) is 23.2. The van der Waals surface area contributed by atoms with Crippen LogP contribution in [0, 0.1) is 0 Å². The molecule has 83 heavy (non-hydrogen) atoms. The van der Waals surface area contributed by atoms with Crippen molar-refractivity contribution in [3.05, 3.63) is 296 Å². The summed E-state index contributed by atoms with van der Waals surface area (Å²) in [6.45, 7) is 0. The molecule has 16 aromatic carbocycles. The maximum atomic E-state index is 9.56. The van der Waals surface area contributed by atoms with Crippen LogP contribution in [0.15, 0.2) is 289 Å². The van der Waals surface area contributed by atoms with Gasteiger partial charge in [-0.1, -0.05) is 254 Å². The van der Waals surface area contributed by atoms with Crippen LogP contribution < -0.4 is 0 Å². The van der Waals surface area contributed by atoms with Crippen LogP contribution in [0.1, 0.15) is 50.6 Å². The van der Waals surface area contributed by atoms with E-state index in [2.05, 4.69) is 158 Å². The van der Waals surface area contributed by atoms with E-state index >= 15 is 0 Å². The van der Waals surface area contributed by atoms with Crippen molar-refractivity contribution >= 4 is 103 Å². The van der Waals surface area contributed by atoms with Crippen LogP contribution >= 0.6 is 0 Å². The van der Waals surface area contributed by atoms with Gasteiger partial charge in [-0.2, -0.15) is 0 Å². The smallest absolute Gasteiger partial charge is 0.135 e. The molecule has 0 N–H and O–H groups in total. The highest BCUT2D eigenvalue weighted by Crippen LogP contribution is 2.47. The molecule has 0 saturated carbocycles. The molecule has 0 fully saturated rings. The van der Waals surface area contributed by atoms with Gasteiger partial charge >= 0.3 is 0 Å². The minimum atomic E-state index is -1.67. The molecule has 1 aliphatic rings. The lowest BCUT2D eigenvalue weighted by atomic mass is 9.85. The van der Waals surface area contributed by atoms with Crippen molar-refractivity contribution in [3.8, 4) is 66.8 Å². The van der Waals surface area contributed by atoms with Gasteiger partial charge in [-0.15, -0.1) is 0 Å². The second-order valence-corrected chi connectivity index (χ2v) is 20.5. The molecule has 0 aliphatic heterocycles. The van der Waals surface area contributed by atoms with Gasteiger partial charge in [0.15, 0.2) is 0 Å². The largest absolute Gasteiger partial charge is 0.456 e. The highest BCUT2D eigenvalue weighted by molar-refractivity contribution is 6.27. The highest BCUT2D eigenvalue weighted by Gasteiger charge is 2.21. The van der Waals surface area contributed by atoms with Crippen molar-refractivity contribution in [1.29, 1.82) is 0 Å². The number of hydrogen-bond donors (Lipinski definition) is 0. The molecule has 17 aromatic rings. The fourth-order valence-electron chi connectivity index (χ4n) is 12.3. The first-order chi connectivity index (χ1) is 51.1. The van der Waals surface area contributed by atoms with Crippen molar-refractivity contribution < 1.29 is 37.3 Å². The first kappa shape index (κ1) is 29.2. The van der Waals surface area contributed by atoms with Gasteiger partial charge < -0.3 is 4.42 Å². The number of benzene rings is 16. The summed E-state index contributed by atoms with van der Waals surface area (Å²) in [5.74, 6) is -0.429. The molecule has 1 aliphatic carbocycles. The standard InChI is InChI=1S/C44H26.C38H26O/c1-2-6-27(7-3-1)34-24-35(37-20-16-32-14-12-28-8-4-10-30-18-22-39(37)43(32)41(28)30)26-36(25-34)38-21-17-33-15-13-29-9-5-11-31-19-23-40(38)44(33)42(29)31;1-2-10-25(11-3-1)26-18-20-27(21-19-26)37-30-13-4-6-15-32(30)38(33-16-7-5-14-31(33)37)28-22-23-36-34(24-28)29-12-8-9-17-35(29)39-36/h1-26H;1-7,9-11,13-24H,8,12H2/i;1D,2D,3D,4D,5D,6D,7D,8D,9D,10D,11D,12D,13D,14D,15D,16D,17D,18D,19D,20D,21D,22D,23D,24D. The number of aryl methyl sites for hydroxylation is 1. The number of hydrogen-bond acceptors (Lipinski definition) is 1. The molecule has 1 nitrogen and oxygen atoms in total. The Kier molecular flexibility index (Phi) is 6.69. The molecular formula is C82H52O. The zero-order valence-electron chi connectivity index (χ0n) is 67.6. The van der Waals surface area contributed by atoms with Crippen molar-refractivity contribution in [2.24, 2.45) is 0 Å². The van der Waals surface area contributed by atoms with Gasteiger partial charge in [0.1, 0.15) is 11.3 Å². The van der Waals surface area contributed by atoms with E-state index in [1.54, 1.807) is 0 Å². The van der Waals surface area contributed by atoms with Crippen LogP contribution in [0.2, 0.25) is 0 Å². The number of furan rings is 1. The molecule has 0 radical (unpaired) electrons. The van der Waals surface area contributed by atoms with Crippen LogP contribution in [0.3, 0.4) is 0 Å². The Hall–Kier alpha value is -10.6. The van der Waals surface area contributed by atoms with Crippen LogP contribution in [0.5, 0.6) is 0 Å². The molecule has 0 spiro atoms. The minimum Gasteiger partial charge on any atom is -0.456 e. The predicted molar refractivity (Wildman–Crippen MR) is 355 cm³/mol. The summed E-state index contributed by atoms with van der Waals surface area (Å²) in [6, 6.07) is 39.3. The van der Waals surface area contributed by atoms with E-state index in [9.17, 15) is 11.0 Å². The normalized spacial score (nSPS) is 18.5. The zero-order chi connectivity index (χ0) is 75.4. The molecule has 18 rings (SSSR count). The monoisotopic (exact) mass is 1080 g/mol. The molecule has 2 unspecified atom stereocenters. The Morgan fingerprint density at radius 1 is 0.325 bits per heavy atom. The van der Waals surface area contributed by atoms with Crippen molar-refractivity contribution in [2.45, 2.75) is 12.8 Å². The third-order valence-corrected chi connectivity index (χ3v) is 16.0. The van der Waals surface area contributed by atoms with Gasteiger partial charge in [-0.25, -0.2) is 0 Å². The summed E-state index contributed by atoms with van der Waals surface area (Å²) >= 11 is 0. The second-order valence-electron chi connectivity index (χ2n) is 20.5. The molecule has 0 saturated heterocycles. The minimum absolute atomic E-state index is 0.275. The van der Waals surface area contributed by atoms with E-state index in [-0.39, 0.29) is 10.9 Å². The van der Waals surface area contributed by atoms with Crippen LogP contribution in [0.25, 0.3) is 170 Å². The summed E-state index contributed by atoms with van der Waals surface area (Å²) in [7, 11) is 0. The molecule has 2 atom stereocenters. The molecule has 1 heterocycles. The van der Waals surface area contributed by atoms with Gasteiger partial charge in [0.2, 0.25) is 0 Å². The van der Waals surface area contributed by atoms with E-state index < -0.39 is 212 Å². The third kappa shape index (κ3) is 7.69. The lowest BCUT2D eigenvalue weighted by Crippen LogP contribution is -1.92. The van der Waals surface area contributed by atoms with Crippen LogP contribution in [-0.4, -0.2) is 0 Å². The number of allylic oxidation sites excluding steroid dienone is 1. The highest BCUT2D eigenvalue weighted by atomic mass is 16.3. The third-order valence-electron chi connectivity index (χ3n) is 16.0. The van der Waals surface area contributed by atoms with E-state index in [4.69, 9.17) is 26.3 Å². The van der Waals surface area contributed by atoms with Crippen LogP contribution in [-0.2, 0) is 6.40 Å². The van der Waals surface area contributed by atoms with Gasteiger partial charge in [-0.3, -0.25) is 0 Å². The molecular weight excluding hydrogens is 1000 g/mol. The summed E-state index contributed by atoms with van der Waals surface area (Å²) in [5, 5.41) is 12.7. The van der Waals surface area contributed by atoms with Gasteiger partial charge in [0.05, 0.1) is 30.2 Å². The molecule has 1 heteroatoms. The molecule has 0 bridgehead atoms. The van der Waals surface area contributed by atoms with E-state index in [1.807, 2.05) is 0 Å². The Morgan fingerprint density at radius 2 is 0.783 bits per heavy atom. The van der Waals surface area contributed by atoms with Crippen LogP contribution in [0.4, 0.5) is 0 Å². The first-order valence-corrected chi connectivity index (χ1v) is 26.9. The molecule has 1 aromatic heterocycles. The summed E-state index contributed by atoms with van der Waals surface area (Å²) in [5.41, 5.74) is 2.47.